The highest BCUT2D eigenvalue weighted by molar-refractivity contribution is 7.98. The molecule has 1 saturated heterocycles. The summed E-state index contributed by atoms with van der Waals surface area (Å²) in [4.78, 5) is 28.8. The largest absolute Gasteiger partial charge is 0.326 e. The minimum absolute atomic E-state index is 0.214. The molecule has 2 atom stereocenters. The van der Waals surface area contributed by atoms with Gasteiger partial charge in [0.05, 0.1) is 17.5 Å². The number of piperidine rings is 1. The number of carbonyl (C=O) groups excluding carboxylic acids is 2. The zero-order chi connectivity index (χ0) is 21.5. The molecule has 0 saturated carbocycles. The first-order valence-electron chi connectivity index (χ1n) is 9.63. The molecule has 2 aromatic carbocycles. The van der Waals surface area contributed by atoms with Crippen molar-refractivity contribution in [3.05, 3.63) is 48.0 Å². The average Bonchev–Trinajstić information content (AvgIpc) is 2.81. The SMILES string of the molecule is CSc1ccc(-c2ccc3c(c2)C(=O)N2CC[C@H](NS(C)(=O)=O)C[C@H]2C(=O)N3)cc1. The van der Waals surface area contributed by atoms with E-state index >= 15 is 0 Å². The van der Waals surface area contributed by atoms with E-state index in [9.17, 15) is 18.0 Å². The molecule has 2 aliphatic rings. The molecule has 0 radical (unpaired) electrons. The Kier molecular flexibility index (Phi) is 5.61. The summed E-state index contributed by atoms with van der Waals surface area (Å²) in [7, 11) is -3.38. The molecule has 2 heterocycles. The predicted octanol–water partition coefficient (Wildman–Crippen LogP) is 2.55. The predicted molar refractivity (Wildman–Crippen MR) is 118 cm³/mol. The van der Waals surface area contributed by atoms with Gasteiger partial charge in [-0.05, 0) is 54.5 Å². The zero-order valence-electron chi connectivity index (χ0n) is 16.7. The van der Waals surface area contributed by atoms with Gasteiger partial charge in [0.25, 0.3) is 5.91 Å². The van der Waals surface area contributed by atoms with E-state index in [1.165, 1.54) is 0 Å². The summed E-state index contributed by atoms with van der Waals surface area (Å²) in [6.07, 6.45) is 3.83. The minimum Gasteiger partial charge on any atom is -0.326 e. The van der Waals surface area contributed by atoms with Crippen LogP contribution in [0.3, 0.4) is 0 Å². The second-order valence-electron chi connectivity index (χ2n) is 7.60. The van der Waals surface area contributed by atoms with Crippen molar-refractivity contribution in [3.8, 4) is 11.1 Å². The second-order valence-corrected chi connectivity index (χ2v) is 10.3. The number of sulfonamides is 1. The Morgan fingerprint density at radius 3 is 2.47 bits per heavy atom. The Morgan fingerprint density at radius 2 is 1.80 bits per heavy atom. The minimum atomic E-state index is -3.38. The number of thioether (sulfide) groups is 1. The highest BCUT2D eigenvalue weighted by Crippen LogP contribution is 2.32. The molecular weight excluding hydrogens is 422 g/mol. The summed E-state index contributed by atoms with van der Waals surface area (Å²) < 4.78 is 25.7. The van der Waals surface area contributed by atoms with Crippen LogP contribution >= 0.6 is 11.8 Å². The Morgan fingerprint density at radius 1 is 1.10 bits per heavy atom. The first-order valence-corrected chi connectivity index (χ1v) is 12.7. The Balaban J connectivity index is 1.63. The smallest absolute Gasteiger partial charge is 0.256 e. The highest BCUT2D eigenvalue weighted by Gasteiger charge is 2.40. The van der Waals surface area contributed by atoms with E-state index in [0.717, 1.165) is 22.3 Å². The van der Waals surface area contributed by atoms with E-state index in [1.54, 1.807) is 22.7 Å². The molecule has 4 rings (SSSR count). The van der Waals surface area contributed by atoms with Gasteiger partial charge in [-0.1, -0.05) is 18.2 Å². The van der Waals surface area contributed by atoms with Crippen LogP contribution in [0.25, 0.3) is 11.1 Å². The zero-order valence-corrected chi connectivity index (χ0v) is 18.3. The van der Waals surface area contributed by atoms with Crippen molar-refractivity contribution < 1.29 is 18.0 Å². The molecule has 1 fully saturated rings. The summed E-state index contributed by atoms with van der Waals surface area (Å²) >= 11 is 1.66. The summed E-state index contributed by atoms with van der Waals surface area (Å²) in [6, 6.07) is 12.5. The lowest BCUT2D eigenvalue weighted by Gasteiger charge is -2.37. The van der Waals surface area contributed by atoms with Gasteiger partial charge in [-0.2, -0.15) is 0 Å². The van der Waals surface area contributed by atoms with Crippen molar-refractivity contribution in [1.82, 2.24) is 9.62 Å². The van der Waals surface area contributed by atoms with Crippen LogP contribution in [0.1, 0.15) is 23.2 Å². The molecular formula is C21H23N3O4S2. The van der Waals surface area contributed by atoms with E-state index in [1.807, 2.05) is 42.7 Å². The van der Waals surface area contributed by atoms with Gasteiger partial charge in [-0.15, -0.1) is 11.8 Å². The van der Waals surface area contributed by atoms with Crippen LogP contribution < -0.4 is 10.0 Å². The van der Waals surface area contributed by atoms with Crippen molar-refractivity contribution in [2.45, 2.75) is 29.8 Å². The van der Waals surface area contributed by atoms with Gasteiger partial charge in [0.1, 0.15) is 6.04 Å². The van der Waals surface area contributed by atoms with Gasteiger partial charge in [-0.25, -0.2) is 13.1 Å². The van der Waals surface area contributed by atoms with E-state index in [0.29, 0.717) is 24.2 Å². The van der Waals surface area contributed by atoms with Gasteiger partial charge in [-0.3, -0.25) is 9.59 Å². The number of amides is 2. The van der Waals surface area contributed by atoms with Crippen LogP contribution in [-0.4, -0.2) is 56.3 Å². The molecule has 2 aliphatic heterocycles. The number of rotatable bonds is 4. The summed E-state index contributed by atoms with van der Waals surface area (Å²) in [5, 5.41) is 2.85. The van der Waals surface area contributed by atoms with Crippen LogP contribution in [0.4, 0.5) is 5.69 Å². The van der Waals surface area contributed by atoms with Crippen molar-refractivity contribution in [1.29, 1.82) is 0 Å². The third kappa shape index (κ3) is 4.23. The maximum Gasteiger partial charge on any atom is 0.256 e. The molecule has 9 heteroatoms. The van der Waals surface area contributed by atoms with E-state index in [4.69, 9.17) is 0 Å². The van der Waals surface area contributed by atoms with Crippen LogP contribution in [0.2, 0.25) is 0 Å². The first-order chi connectivity index (χ1) is 14.2. The normalized spacial score (nSPS) is 21.5. The fourth-order valence-electron chi connectivity index (χ4n) is 4.03. The number of carbonyl (C=O) groups is 2. The van der Waals surface area contributed by atoms with E-state index in [-0.39, 0.29) is 24.3 Å². The molecule has 2 N–H and O–H groups in total. The molecule has 7 nitrogen and oxygen atoms in total. The fourth-order valence-corrected chi connectivity index (χ4v) is 5.26. The van der Waals surface area contributed by atoms with E-state index < -0.39 is 16.1 Å². The molecule has 30 heavy (non-hydrogen) atoms. The maximum absolute atomic E-state index is 13.3. The Labute approximate surface area is 180 Å². The lowest BCUT2D eigenvalue weighted by Crippen LogP contribution is -2.54. The summed E-state index contributed by atoms with van der Waals surface area (Å²) in [6.45, 7) is 0.316. The molecule has 0 aliphatic carbocycles. The molecule has 0 bridgehead atoms. The highest BCUT2D eigenvalue weighted by atomic mass is 32.2. The number of nitrogens with one attached hydrogen (secondary N) is 2. The lowest BCUT2D eigenvalue weighted by atomic mass is 9.96. The number of anilines is 1. The summed E-state index contributed by atoms with van der Waals surface area (Å²) in [5.74, 6) is -0.507. The van der Waals surface area contributed by atoms with Gasteiger partial charge in [0.15, 0.2) is 0 Å². The van der Waals surface area contributed by atoms with Crippen molar-refractivity contribution in [2.24, 2.45) is 0 Å². The van der Waals surface area contributed by atoms with E-state index in [2.05, 4.69) is 10.0 Å². The Bertz CT molecular complexity index is 1100. The number of hydrogen-bond donors (Lipinski definition) is 2. The van der Waals surface area contributed by atoms with Crippen molar-refractivity contribution in [3.63, 3.8) is 0 Å². The van der Waals surface area contributed by atoms with Crippen molar-refractivity contribution in [2.75, 3.05) is 24.4 Å². The summed E-state index contributed by atoms with van der Waals surface area (Å²) in [5.41, 5.74) is 2.82. The third-order valence-electron chi connectivity index (χ3n) is 5.48. The van der Waals surface area contributed by atoms with Crippen LogP contribution in [0.15, 0.2) is 47.4 Å². The standard InChI is InChI=1S/C21H23N3O4S2/c1-29-16-6-3-13(4-7-16)14-5-8-18-17(11-14)21(26)24-10-9-15(23-30(2,27)28)12-19(24)20(25)22-18/h3-8,11,15,19,23H,9-10,12H2,1-2H3,(H,22,25)/t15-,19-/m0/s1. The van der Waals surface area contributed by atoms with Crippen molar-refractivity contribution >= 4 is 39.3 Å². The quantitative estimate of drug-likeness (QED) is 0.705. The number of nitrogens with zero attached hydrogens (tertiary/aromatic N) is 1. The van der Waals surface area contributed by atoms with Crippen LogP contribution in [0, 0.1) is 0 Å². The second kappa shape index (κ2) is 8.05. The maximum atomic E-state index is 13.3. The molecule has 0 unspecified atom stereocenters. The molecule has 0 aromatic heterocycles. The van der Waals surface area contributed by atoms with Gasteiger partial charge >= 0.3 is 0 Å². The fraction of sp³-hybridized carbons (Fsp3) is 0.333. The van der Waals surface area contributed by atoms with Crippen LogP contribution in [-0.2, 0) is 14.8 Å². The lowest BCUT2D eigenvalue weighted by molar-refractivity contribution is -0.121. The molecule has 2 aromatic rings. The van der Waals surface area contributed by atoms with Gasteiger partial charge in [0, 0.05) is 17.5 Å². The third-order valence-corrected chi connectivity index (χ3v) is 6.98. The number of benzene rings is 2. The van der Waals surface area contributed by atoms with Gasteiger partial charge in [0.2, 0.25) is 15.9 Å². The molecule has 158 valence electrons. The topological polar surface area (TPSA) is 95.6 Å². The Hall–Kier alpha value is -2.36. The first kappa shape index (κ1) is 20.9. The van der Waals surface area contributed by atoms with Gasteiger partial charge < -0.3 is 10.2 Å². The van der Waals surface area contributed by atoms with Crippen LogP contribution in [0.5, 0.6) is 0 Å². The number of hydrogen-bond acceptors (Lipinski definition) is 5. The average molecular weight is 446 g/mol. The monoisotopic (exact) mass is 445 g/mol. The number of fused-ring (bicyclic) bond motifs is 2. The molecule has 0 spiro atoms. The molecule has 2 amide bonds.